The molecule has 0 saturated carbocycles. The van der Waals surface area contributed by atoms with Crippen molar-refractivity contribution in [1.29, 1.82) is 0 Å². The Bertz CT molecular complexity index is 1700. The van der Waals surface area contributed by atoms with Crippen molar-refractivity contribution in [3.05, 3.63) is 146 Å². The third-order valence-corrected chi connectivity index (χ3v) is 13.1. The van der Waals surface area contributed by atoms with Gasteiger partial charge in [0.05, 0.1) is 25.4 Å². The van der Waals surface area contributed by atoms with Gasteiger partial charge in [0.25, 0.3) is 0 Å². The van der Waals surface area contributed by atoms with Gasteiger partial charge in [-0.1, -0.05) is 243 Å². The van der Waals surface area contributed by atoms with Crippen molar-refractivity contribution in [3.63, 3.8) is 0 Å². The van der Waals surface area contributed by atoms with Gasteiger partial charge in [0, 0.05) is 6.42 Å². The van der Waals surface area contributed by atoms with Gasteiger partial charge in [-0.3, -0.25) is 4.79 Å². The Labute approximate surface area is 463 Å². The van der Waals surface area contributed by atoms with Crippen LogP contribution in [0.4, 0.5) is 0 Å². The average molecular weight is 1060 g/mol. The monoisotopic (exact) mass is 1060 g/mol. The van der Waals surface area contributed by atoms with Gasteiger partial charge in [0.1, 0.15) is 24.4 Å². The molecule has 0 bridgehead atoms. The molecule has 0 spiro atoms. The SMILES string of the molecule is CC/C=C\C/C=C\C/C=C\C/C=C\C/C=C\C/C=C\C/C=C\C/C=C\C/C=C\C/C=C\CCCCC(=O)NC(COC1OC(CO)C(O)C(O)C1O)C(O)/C=C/CC/C=C/CCCCCCCCCCCCCCCC. The summed E-state index contributed by atoms with van der Waals surface area (Å²) in [6, 6.07) is -0.857. The zero-order valence-corrected chi connectivity index (χ0v) is 47.7. The van der Waals surface area contributed by atoms with Gasteiger partial charge in [0.2, 0.25) is 5.91 Å². The molecule has 9 heteroatoms. The molecule has 1 aliphatic heterocycles. The number of rotatable bonds is 49. The lowest BCUT2D eigenvalue weighted by atomic mass is 9.99. The van der Waals surface area contributed by atoms with E-state index in [1.165, 1.54) is 89.9 Å². The molecule has 0 aromatic carbocycles. The number of hydrogen-bond acceptors (Lipinski definition) is 8. The van der Waals surface area contributed by atoms with Gasteiger partial charge in [0.15, 0.2) is 6.29 Å². The van der Waals surface area contributed by atoms with Crippen LogP contribution >= 0.6 is 0 Å². The molecule has 430 valence electrons. The molecule has 9 nitrogen and oxygen atoms in total. The number of nitrogens with one attached hydrogen (secondary N) is 1. The minimum absolute atomic E-state index is 0.228. The van der Waals surface area contributed by atoms with Gasteiger partial charge in [-0.15, -0.1) is 0 Å². The maximum atomic E-state index is 13.1. The van der Waals surface area contributed by atoms with E-state index in [-0.39, 0.29) is 18.9 Å². The van der Waals surface area contributed by atoms with Crippen molar-refractivity contribution >= 4 is 5.91 Å². The van der Waals surface area contributed by atoms with Crippen LogP contribution in [0.15, 0.2) is 146 Å². The second kappa shape index (κ2) is 54.4. The normalized spacial score (nSPS) is 19.9. The van der Waals surface area contributed by atoms with Gasteiger partial charge < -0.3 is 40.3 Å². The molecule has 1 aliphatic rings. The van der Waals surface area contributed by atoms with E-state index in [1.807, 2.05) is 6.08 Å². The van der Waals surface area contributed by atoms with E-state index in [0.29, 0.717) is 6.42 Å². The molecule has 76 heavy (non-hydrogen) atoms. The highest BCUT2D eigenvalue weighted by Gasteiger charge is 2.44. The molecule has 7 atom stereocenters. The van der Waals surface area contributed by atoms with Gasteiger partial charge >= 0.3 is 0 Å². The molecule has 1 rings (SSSR count). The van der Waals surface area contributed by atoms with E-state index >= 15 is 0 Å². The Hall–Kier alpha value is -3.93. The second-order valence-electron chi connectivity index (χ2n) is 20.0. The quantitative estimate of drug-likeness (QED) is 0.0261. The summed E-state index contributed by atoms with van der Waals surface area (Å²) in [5.74, 6) is -0.235. The van der Waals surface area contributed by atoms with E-state index < -0.39 is 49.5 Å². The molecule has 7 unspecified atom stereocenters. The summed E-state index contributed by atoms with van der Waals surface area (Å²) in [5, 5.41) is 54.5. The van der Waals surface area contributed by atoms with Crippen LogP contribution < -0.4 is 5.32 Å². The Morgan fingerprint density at radius 2 is 0.829 bits per heavy atom. The summed E-state index contributed by atoms with van der Waals surface area (Å²) in [5.41, 5.74) is 0. The lowest BCUT2D eigenvalue weighted by Crippen LogP contribution is -2.60. The maximum Gasteiger partial charge on any atom is 0.220 e. The molecule has 0 aromatic heterocycles. The fraction of sp³-hybridized carbons (Fsp3) is 0.627. The largest absolute Gasteiger partial charge is 0.394 e. The van der Waals surface area contributed by atoms with Crippen molar-refractivity contribution in [1.82, 2.24) is 5.32 Å². The highest BCUT2D eigenvalue weighted by atomic mass is 16.7. The molecular formula is C67H109NO8. The number of aliphatic hydroxyl groups is 5. The van der Waals surface area contributed by atoms with Crippen molar-refractivity contribution in [2.75, 3.05) is 13.2 Å². The molecule has 0 radical (unpaired) electrons. The van der Waals surface area contributed by atoms with Crippen molar-refractivity contribution < 1.29 is 39.8 Å². The number of unbranched alkanes of at least 4 members (excludes halogenated alkanes) is 17. The zero-order chi connectivity index (χ0) is 55.0. The van der Waals surface area contributed by atoms with Crippen LogP contribution in [-0.2, 0) is 14.3 Å². The summed E-state index contributed by atoms with van der Waals surface area (Å²) >= 11 is 0. The predicted octanol–water partition coefficient (Wildman–Crippen LogP) is 15.5. The van der Waals surface area contributed by atoms with Crippen molar-refractivity contribution in [2.24, 2.45) is 0 Å². The van der Waals surface area contributed by atoms with E-state index in [0.717, 1.165) is 96.3 Å². The summed E-state index contributed by atoms with van der Waals surface area (Å²) in [6.07, 6.45) is 77.7. The lowest BCUT2D eigenvalue weighted by Gasteiger charge is -2.40. The first-order valence-corrected chi connectivity index (χ1v) is 30.1. The lowest BCUT2D eigenvalue weighted by molar-refractivity contribution is -0.302. The summed E-state index contributed by atoms with van der Waals surface area (Å²) in [6.45, 7) is 3.62. The minimum atomic E-state index is -1.59. The molecular weight excluding hydrogens is 947 g/mol. The first kappa shape index (κ1) is 70.1. The minimum Gasteiger partial charge on any atom is -0.394 e. The van der Waals surface area contributed by atoms with Crippen LogP contribution in [0.3, 0.4) is 0 Å². The first-order valence-electron chi connectivity index (χ1n) is 30.1. The molecule has 0 aromatic rings. The molecule has 1 fully saturated rings. The van der Waals surface area contributed by atoms with Crippen molar-refractivity contribution in [2.45, 2.75) is 256 Å². The molecule has 0 aliphatic carbocycles. The van der Waals surface area contributed by atoms with Crippen LogP contribution in [0, 0.1) is 0 Å². The molecule has 6 N–H and O–H groups in total. The average Bonchev–Trinajstić information content (AvgIpc) is 3.42. The van der Waals surface area contributed by atoms with Gasteiger partial charge in [-0.05, 0) is 109 Å². The molecule has 1 amide bonds. The summed E-state index contributed by atoms with van der Waals surface area (Å²) in [7, 11) is 0. The zero-order valence-electron chi connectivity index (χ0n) is 47.7. The number of hydrogen-bond donors (Lipinski definition) is 6. The Balaban J connectivity index is 2.30. The number of amides is 1. The number of carbonyl (C=O) groups is 1. The van der Waals surface area contributed by atoms with Gasteiger partial charge in [-0.25, -0.2) is 0 Å². The van der Waals surface area contributed by atoms with Crippen LogP contribution in [0.25, 0.3) is 0 Å². The Kier molecular flexibility index (Phi) is 50.2. The standard InChI is InChI=1S/C67H109NO8/c1-3-5-7-9-11-13-15-17-19-21-23-25-26-27-28-29-30-31-32-33-34-35-36-37-39-41-43-45-47-49-51-53-55-57-63(71)68-60(59-75-67-66(74)65(73)64(72)62(58-69)76-67)61(70)56-54-52-50-48-46-44-42-40-38-24-22-20-18-16-14-12-10-8-6-4-2/h5,7,11,13,17,19,23,25,27-28,30-31,33-34,36-37,41,43,46-49,54,56,60-62,64-67,69-70,72-74H,3-4,6,8-10,12,14-16,18,20-22,24,26,29,32,35,38-40,42,44-45,50-53,55,57-59H2,1-2H3,(H,68,71)/b7-5-,13-11-,19-17-,25-23-,28-27-,31-30-,34-33-,37-36-,43-41-,48-46+,49-47-,56-54+. The van der Waals surface area contributed by atoms with Crippen molar-refractivity contribution in [3.8, 4) is 0 Å². The fourth-order valence-corrected chi connectivity index (χ4v) is 8.43. The van der Waals surface area contributed by atoms with Crippen LogP contribution in [0.5, 0.6) is 0 Å². The summed E-state index contributed by atoms with van der Waals surface area (Å²) < 4.78 is 11.2. The fourth-order valence-electron chi connectivity index (χ4n) is 8.43. The van der Waals surface area contributed by atoms with E-state index in [9.17, 15) is 30.3 Å². The smallest absolute Gasteiger partial charge is 0.220 e. The number of carbonyl (C=O) groups excluding carboxylic acids is 1. The first-order chi connectivity index (χ1) is 37.3. The highest BCUT2D eigenvalue weighted by molar-refractivity contribution is 5.76. The molecule has 1 saturated heterocycles. The van der Waals surface area contributed by atoms with E-state index in [2.05, 4.69) is 153 Å². The third-order valence-electron chi connectivity index (χ3n) is 13.1. The Morgan fingerprint density at radius 3 is 1.26 bits per heavy atom. The number of ether oxygens (including phenoxy) is 2. The highest BCUT2D eigenvalue weighted by Crippen LogP contribution is 2.23. The maximum absolute atomic E-state index is 13.1. The van der Waals surface area contributed by atoms with Crippen LogP contribution in [-0.4, -0.2) is 87.5 Å². The predicted molar refractivity (Wildman–Crippen MR) is 322 cm³/mol. The molecule has 1 heterocycles. The van der Waals surface area contributed by atoms with E-state index in [1.54, 1.807) is 6.08 Å². The van der Waals surface area contributed by atoms with E-state index in [4.69, 9.17) is 9.47 Å². The number of aliphatic hydroxyl groups excluding tert-OH is 5. The number of allylic oxidation sites excluding steroid dienone is 23. The third kappa shape index (κ3) is 43.1. The topological polar surface area (TPSA) is 149 Å². The van der Waals surface area contributed by atoms with Gasteiger partial charge in [-0.2, -0.15) is 0 Å². The Morgan fingerprint density at radius 1 is 0.461 bits per heavy atom. The second-order valence-corrected chi connectivity index (χ2v) is 20.0. The van der Waals surface area contributed by atoms with Crippen LogP contribution in [0.2, 0.25) is 0 Å². The van der Waals surface area contributed by atoms with Crippen LogP contribution in [0.1, 0.15) is 213 Å². The summed E-state index contributed by atoms with van der Waals surface area (Å²) in [4.78, 5) is 13.1.